The molecule has 3 aromatic carbocycles. The lowest BCUT2D eigenvalue weighted by Crippen LogP contribution is -2.36. The minimum Gasteiger partial charge on any atom is -0.465 e. The molecule has 0 saturated carbocycles. The summed E-state index contributed by atoms with van der Waals surface area (Å²) in [6, 6.07) is 19.5. The molecule has 0 aromatic heterocycles. The van der Waals surface area contributed by atoms with Gasteiger partial charge in [-0.1, -0.05) is 48.0 Å². The Morgan fingerprint density at radius 1 is 0.963 bits per heavy atom. The minimum absolute atomic E-state index is 0.131. The van der Waals surface area contributed by atoms with Gasteiger partial charge in [0.1, 0.15) is 6.54 Å². The molecule has 0 aliphatic rings. The van der Waals surface area contributed by atoms with Gasteiger partial charge < -0.3 is 4.74 Å². The van der Waals surface area contributed by atoms with Gasteiger partial charge in [0.25, 0.3) is 10.0 Å². The van der Waals surface area contributed by atoms with Crippen molar-refractivity contribution in [1.82, 2.24) is 0 Å². The lowest BCUT2D eigenvalue weighted by atomic mass is 10.1. The predicted molar refractivity (Wildman–Crippen MR) is 106 cm³/mol. The highest BCUT2D eigenvalue weighted by molar-refractivity contribution is 7.92. The van der Waals surface area contributed by atoms with Crippen LogP contribution in [0.15, 0.2) is 71.6 Å². The number of fused-ring (bicyclic) bond motifs is 1. The molecule has 0 heterocycles. The minimum atomic E-state index is -3.94. The van der Waals surface area contributed by atoms with E-state index in [1.807, 2.05) is 43.3 Å². The van der Waals surface area contributed by atoms with E-state index in [0.717, 1.165) is 20.6 Å². The van der Waals surface area contributed by atoms with Gasteiger partial charge in [0.05, 0.1) is 17.2 Å². The van der Waals surface area contributed by atoms with Gasteiger partial charge in [-0.15, -0.1) is 0 Å². The first-order chi connectivity index (χ1) is 12.9. The zero-order valence-electron chi connectivity index (χ0n) is 15.3. The Kier molecular flexibility index (Phi) is 5.46. The number of esters is 1. The first-order valence-electron chi connectivity index (χ1n) is 8.65. The normalized spacial score (nSPS) is 11.3. The third-order valence-corrected chi connectivity index (χ3v) is 5.98. The van der Waals surface area contributed by atoms with Crippen LogP contribution in [0.3, 0.4) is 0 Å². The number of rotatable bonds is 6. The number of carbonyl (C=O) groups is 1. The highest BCUT2D eigenvalue weighted by Crippen LogP contribution is 2.26. The van der Waals surface area contributed by atoms with Crippen molar-refractivity contribution in [2.75, 3.05) is 17.5 Å². The molecule has 0 aliphatic carbocycles. The summed E-state index contributed by atoms with van der Waals surface area (Å²) < 4.78 is 32.7. The van der Waals surface area contributed by atoms with E-state index >= 15 is 0 Å². The molecule has 0 aliphatic heterocycles. The maximum Gasteiger partial charge on any atom is 0.326 e. The topological polar surface area (TPSA) is 63.7 Å². The number of hydrogen-bond donors (Lipinski definition) is 0. The SMILES string of the molecule is CCOC(=O)CN(c1ccc(C)cc1)S(=O)(=O)c1ccc2ccccc2c1. The smallest absolute Gasteiger partial charge is 0.326 e. The fourth-order valence-corrected chi connectivity index (χ4v) is 4.25. The molecule has 0 amide bonds. The van der Waals surface area contributed by atoms with Crippen LogP contribution in [0.4, 0.5) is 5.69 Å². The van der Waals surface area contributed by atoms with E-state index in [-0.39, 0.29) is 18.0 Å². The number of hydrogen-bond acceptors (Lipinski definition) is 4. The molecular weight excluding hydrogens is 362 g/mol. The number of aryl methyl sites for hydroxylation is 1. The van der Waals surface area contributed by atoms with Crippen LogP contribution in [-0.4, -0.2) is 27.5 Å². The maximum atomic E-state index is 13.3. The molecule has 0 N–H and O–H groups in total. The summed E-state index contributed by atoms with van der Waals surface area (Å²) in [6.45, 7) is 3.41. The van der Waals surface area contributed by atoms with E-state index in [4.69, 9.17) is 4.74 Å². The van der Waals surface area contributed by atoms with Crippen molar-refractivity contribution in [3.05, 3.63) is 72.3 Å². The Morgan fingerprint density at radius 2 is 1.63 bits per heavy atom. The Balaban J connectivity index is 2.07. The second-order valence-electron chi connectivity index (χ2n) is 6.16. The van der Waals surface area contributed by atoms with Crippen LogP contribution in [0.2, 0.25) is 0 Å². The van der Waals surface area contributed by atoms with Gasteiger partial charge in [-0.25, -0.2) is 8.42 Å². The van der Waals surface area contributed by atoms with Crippen molar-refractivity contribution in [2.24, 2.45) is 0 Å². The van der Waals surface area contributed by atoms with Crippen LogP contribution in [0, 0.1) is 6.92 Å². The molecule has 0 radical (unpaired) electrons. The molecule has 6 heteroatoms. The molecule has 0 bridgehead atoms. The Hall–Kier alpha value is -2.86. The van der Waals surface area contributed by atoms with Gasteiger partial charge in [-0.05, 0) is 48.9 Å². The summed E-state index contributed by atoms with van der Waals surface area (Å²) in [6.07, 6.45) is 0. The maximum absolute atomic E-state index is 13.3. The van der Waals surface area contributed by atoms with Gasteiger partial charge in [-0.2, -0.15) is 0 Å². The first-order valence-corrected chi connectivity index (χ1v) is 10.1. The standard InChI is InChI=1S/C21H21NO4S/c1-3-26-21(23)15-22(19-11-8-16(2)9-12-19)27(24,25)20-13-10-17-6-4-5-7-18(17)14-20/h4-14H,3,15H2,1-2H3. The Morgan fingerprint density at radius 3 is 2.30 bits per heavy atom. The number of sulfonamides is 1. The molecular formula is C21H21NO4S. The van der Waals surface area contributed by atoms with Crippen LogP contribution in [-0.2, 0) is 19.6 Å². The summed E-state index contributed by atoms with van der Waals surface area (Å²) in [7, 11) is -3.94. The third-order valence-electron chi connectivity index (χ3n) is 4.21. The number of nitrogens with zero attached hydrogens (tertiary/aromatic N) is 1. The molecule has 3 rings (SSSR count). The largest absolute Gasteiger partial charge is 0.465 e. The molecule has 0 fully saturated rings. The van der Waals surface area contributed by atoms with Gasteiger partial charge in [0.15, 0.2) is 0 Å². The quantitative estimate of drug-likeness (QED) is 0.606. The van der Waals surface area contributed by atoms with Gasteiger partial charge in [0.2, 0.25) is 0 Å². The molecule has 140 valence electrons. The molecule has 0 unspecified atom stereocenters. The highest BCUT2D eigenvalue weighted by atomic mass is 32.2. The van der Waals surface area contributed by atoms with Gasteiger partial charge in [-0.3, -0.25) is 9.10 Å². The number of anilines is 1. The number of ether oxygens (including phenoxy) is 1. The second-order valence-corrected chi connectivity index (χ2v) is 8.02. The lowest BCUT2D eigenvalue weighted by molar-refractivity contribution is -0.141. The summed E-state index contributed by atoms with van der Waals surface area (Å²) in [5.41, 5.74) is 1.42. The van der Waals surface area contributed by atoms with E-state index in [9.17, 15) is 13.2 Å². The van der Waals surface area contributed by atoms with Crippen molar-refractivity contribution in [1.29, 1.82) is 0 Å². The van der Waals surface area contributed by atoms with Crippen molar-refractivity contribution >= 4 is 32.5 Å². The van der Waals surface area contributed by atoms with E-state index in [0.29, 0.717) is 5.69 Å². The van der Waals surface area contributed by atoms with Crippen molar-refractivity contribution in [3.63, 3.8) is 0 Å². The van der Waals surface area contributed by atoms with Crippen LogP contribution in [0.5, 0.6) is 0 Å². The number of benzene rings is 3. The monoisotopic (exact) mass is 383 g/mol. The fourth-order valence-electron chi connectivity index (χ4n) is 2.81. The first kappa shape index (κ1) is 18.9. The van der Waals surface area contributed by atoms with Crippen molar-refractivity contribution in [2.45, 2.75) is 18.7 Å². The van der Waals surface area contributed by atoms with E-state index in [1.165, 1.54) is 0 Å². The third kappa shape index (κ3) is 4.11. The molecule has 27 heavy (non-hydrogen) atoms. The Bertz CT molecular complexity index is 1060. The summed E-state index contributed by atoms with van der Waals surface area (Å²) in [5, 5.41) is 1.77. The average Bonchev–Trinajstić information content (AvgIpc) is 2.66. The van der Waals surface area contributed by atoms with Crippen molar-refractivity contribution < 1.29 is 17.9 Å². The van der Waals surface area contributed by atoms with Crippen molar-refractivity contribution in [3.8, 4) is 0 Å². The van der Waals surface area contributed by atoms with Crippen LogP contribution in [0.1, 0.15) is 12.5 Å². The molecule has 0 atom stereocenters. The lowest BCUT2D eigenvalue weighted by Gasteiger charge is -2.24. The van der Waals surface area contributed by atoms with E-state index < -0.39 is 16.0 Å². The van der Waals surface area contributed by atoms with Gasteiger partial charge in [0, 0.05) is 0 Å². The zero-order valence-corrected chi connectivity index (χ0v) is 16.1. The van der Waals surface area contributed by atoms with Crippen LogP contribution < -0.4 is 4.31 Å². The second kappa shape index (κ2) is 7.80. The summed E-state index contributed by atoms with van der Waals surface area (Å²) >= 11 is 0. The highest BCUT2D eigenvalue weighted by Gasteiger charge is 2.27. The average molecular weight is 383 g/mol. The number of carbonyl (C=O) groups excluding carboxylic acids is 1. The zero-order chi connectivity index (χ0) is 19.4. The predicted octanol–water partition coefficient (Wildman–Crippen LogP) is 3.91. The molecule has 5 nitrogen and oxygen atoms in total. The molecule has 3 aromatic rings. The van der Waals surface area contributed by atoms with Crippen LogP contribution in [0.25, 0.3) is 10.8 Å². The molecule has 0 saturated heterocycles. The summed E-state index contributed by atoms with van der Waals surface area (Å²) in [5.74, 6) is -0.595. The van der Waals surface area contributed by atoms with E-state index in [1.54, 1.807) is 37.3 Å². The summed E-state index contributed by atoms with van der Waals surface area (Å²) in [4.78, 5) is 12.2. The fraction of sp³-hybridized carbons (Fsp3) is 0.190. The molecule has 0 spiro atoms. The Labute approximate surface area is 159 Å². The van der Waals surface area contributed by atoms with Gasteiger partial charge >= 0.3 is 5.97 Å². The van der Waals surface area contributed by atoms with Crippen LogP contribution >= 0.6 is 0 Å². The van der Waals surface area contributed by atoms with E-state index in [2.05, 4.69) is 0 Å².